The summed E-state index contributed by atoms with van der Waals surface area (Å²) >= 11 is 0. The van der Waals surface area contributed by atoms with Gasteiger partial charge in [-0.3, -0.25) is 19.7 Å². The van der Waals surface area contributed by atoms with Gasteiger partial charge in [0.15, 0.2) is 0 Å². The first-order valence-corrected chi connectivity index (χ1v) is 7.41. The van der Waals surface area contributed by atoms with Gasteiger partial charge >= 0.3 is 0 Å². The second-order valence-electron chi connectivity index (χ2n) is 5.27. The molecule has 1 heterocycles. The summed E-state index contributed by atoms with van der Waals surface area (Å²) in [6.45, 7) is 1.88. The van der Waals surface area contributed by atoms with Gasteiger partial charge in [0.1, 0.15) is 12.0 Å². The number of carbonyl (C=O) groups excluding carboxylic acids is 2. The lowest BCUT2D eigenvalue weighted by molar-refractivity contribution is -0.385. The number of anilines is 2. The standard InChI is InChI=1S/C16H17N5O4/c1-10(22)20-12-4-2-11(3-5-12)6-7-18-16-14(15(17)23)8-13(9-19-16)21(24)25/h2-5,8-9H,6-7H2,1H3,(H2,17,23)(H,18,19)(H,20,22). The van der Waals surface area contributed by atoms with Crippen molar-refractivity contribution in [2.24, 2.45) is 5.73 Å². The SMILES string of the molecule is CC(=O)Nc1ccc(CCNc2ncc([N+](=O)[O-])cc2C(N)=O)cc1. The van der Waals surface area contributed by atoms with Crippen molar-refractivity contribution in [2.75, 3.05) is 17.2 Å². The Labute approximate surface area is 143 Å². The Morgan fingerprint density at radius 3 is 2.52 bits per heavy atom. The highest BCUT2D eigenvalue weighted by atomic mass is 16.6. The van der Waals surface area contributed by atoms with Gasteiger partial charge in [0.25, 0.3) is 11.6 Å². The van der Waals surface area contributed by atoms with Crippen molar-refractivity contribution in [1.82, 2.24) is 4.98 Å². The molecule has 0 bridgehead atoms. The minimum Gasteiger partial charge on any atom is -0.369 e. The maximum absolute atomic E-state index is 11.4. The number of amides is 2. The second-order valence-corrected chi connectivity index (χ2v) is 5.27. The molecule has 0 saturated heterocycles. The third kappa shape index (κ3) is 4.99. The molecule has 25 heavy (non-hydrogen) atoms. The molecular weight excluding hydrogens is 326 g/mol. The summed E-state index contributed by atoms with van der Waals surface area (Å²) in [7, 11) is 0. The summed E-state index contributed by atoms with van der Waals surface area (Å²) in [6, 6.07) is 8.40. The number of benzene rings is 1. The summed E-state index contributed by atoms with van der Waals surface area (Å²) in [5.74, 6) is -0.732. The average molecular weight is 343 g/mol. The number of aromatic nitrogens is 1. The van der Waals surface area contributed by atoms with Gasteiger partial charge < -0.3 is 16.4 Å². The van der Waals surface area contributed by atoms with Crippen molar-refractivity contribution in [3.05, 3.63) is 57.8 Å². The van der Waals surface area contributed by atoms with Crippen molar-refractivity contribution in [3.8, 4) is 0 Å². The number of nitro groups is 1. The zero-order chi connectivity index (χ0) is 18.4. The molecule has 0 saturated carbocycles. The summed E-state index contributed by atoms with van der Waals surface area (Å²) in [4.78, 5) is 36.4. The van der Waals surface area contributed by atoms with Gasteiger partial charge in [0.2, 0.25) is 5.91 Å². The van der Waals surface area contributed by atoms with E-state index >= 15 is 0 Å². The van der Waals surface area contributed by atoms with Gasteiger partial charge in [-0.05, 0) is 24.1 Å². The monoisotopic (exact) mass is 343 g/mol. The van der Waals surface area contributed by atoms with Crippen molar-refractivity contribution < 1.29 is 14.5 Å². The number of primary amides is 1. The molecule has 0 atom stereocenters. The minimum atomic E-state index is -0.793. The molecule has 0 aliphatic rings. The van der Waals surface area contributed by atoms with Crippen LogP contribution in [0, 0.1) is 10.1 Å². The van der Waals surface area contributed by atoms with E-state index in [4.69, 9.17) is 5.73 Å². The van der Waals surface area contributed by atoms with E-state index in [1.165, 1.54) is 6.92 Å². The molecule has 0 unspecified atom stereocenters. The smallest absolute Gasteiger partial charge is 0.288 e. The molecule has 2 amide bonds. The molecule has 0 aliphatic heterocycles. The van der Waals surface area contributed by atoms with E-state index in [0.717, 1.165) is 17.8 Å². The zero-order valence-corrected chi connectivity index (χ0v) is 13.5. The fraction of sp³-hybridized carbons (Fsp3) is 0.188. The van der Waals surface area contributed by atoms with E-state index in [2.05, 4.69) is 15.6 Å². The number of rotatable bonds is 7. The second kappa shape index (κ2) is 7.86. The fourth-order valence-electron chi connectivity index (χ4n) is 2.17. The summed E-state index contributed by atoms with van der Waals surface area (Å²) < 4.78 is 0. The highest BCUT2D eigenvalue weighted by molar-refractivity contribution is 5.98. The Hall–Kier alpha value is -3.49. The zero-order valence-electron chi connectivity index (χ0n) is 13.5. The molecule has 0 aliphatic carbocycles. The van der Waals surface area contributed by atoms with Gasteiger partial charge in [-0.2, -0.15) is 0 Å². The molecule has 2 rings (SSSR count). The predicted octanol–water partition coefficient (Wildman–Crippen LogP) is 1.70. The lowest BCUT2D eigenvalue weighted by Gasteiger charge is -2.09. The van der Waals surface area contributed by atoms with Crippen LogP contribution < -0.4 is 16.4 Å². The average Bonchev–Trinajstić information content (AvgIpc) is 2.55. The van der Waals surface area contributed by atoms with Crippen LogP contribution in [-0.4, -0.2) is 28.3 Å². The van der Waals surface area contributed by atoms with Crippen molar-refractivity contribution in [2.45, 2.75) is 13.3 Å². The molecule has 0 radical (unpaired) electrons. The molecule has 0 spiro atoms. The van der Waals surface area contributed by atoms with E-state index in [1.54, 1.807) is 12.1 Å². The summed E-state index contributed by atoms with van der Waals surface area (Å²) in [6.07, 6.45) is 1.69. The van der Waals surface area contributed by atoms with E-state index in [1.807, 2.05) is 12.1 Å². The summed E-state index contributed by atoms with van der Waals surface area (Å²) in [5, 5.41) is 16.4. The number of hydrogen-bond acceptors (Lipinski definition) is 6. The first-order chi connectivity index (χ1) is 11.9. The van der Waals surface area contributed by atoms with Crippen LogP contribution in [0.25, 0.3) is 0 Å². The van der Waals surface area contributed by atoms with Crippen LogP contribution in [0.3, 0.4) is 0 Å². The van der Waals surface area contributed by atoms with Gasteiger partial charge in [-0.1, -0.05) is 12.1 Å². The Balaban J connectivity index is 2.00. The molecule has 9 nitrogen and oxygen atoms in total. The molecule has 1 aromatic heterocycles. The van der Waals surface area contributed by atoms with E-state index in [9.17, 15) is 19.7 Å². The van der Waals surface area contributed by atoms with Crippen molar-refractivity contribution in [1.29, 1.82) is 0 Å². The lowest BCUT2D eigenvalue weighted by atomic mass is 10.1. The van der Waals surface area contributed by atoms with E-state index < -0.39 is 10.8 Å². The van der Waals surface area contributed by atoms with Gasteiger partial charge in [-0.15, -0.1) is 0 Å². The topological polar surface area (TPSA) is 140 Å². The summed E-state index contributed by atoms with van der Waals surface area (Å²) in [5.41, 5.74) is 6.63. The molecule has 4 N–H and O–H groups in total. The highest BCUT2D eigenvalue weighted by Gasteiger charge is 2.15. The van der Waals surface area contributed by atoms with Gasteiger partial charge in [0.05, 0.1) is 10.5 Å². The lowest BCUT2D eigenvalue weighted by Crippen LogP contribution is -2.17. The maximum atomic E-state index is 11.4. The van der Waals surface area contributed by atoms with Crippen molar-refractivity contribution >= 4 is 29.0 Å². The largest absolute Gasteiger partial charge is 0.369 e. The minimum absolute atomic E-state index is 0.0322. The number of hydrogen-bond donors (Lipinski definition) is 3. The third-order valence-electron chi connectivity index (χ3n) is 3.33. The number of nitrogens with one attached hydrogen (secondary N) is 2. The first-order valence-electron chi connectivity index (χ1n) is 7.41. The number of nitrogens with zero attached hydrogens (tertiary/aromatic N) is 2. The molecule has 2 aromatic rings. The Morgan fingerprint density at radius 1 is 1.28 bits per heavy atom. The highest BCUT2D eigenvalue weighted by Crippen LogP contribution is 2.19. The fourth-order valence-corrected chi connectivity index (χ4v) is 2.17. The van der Waals surface area contributed by atoms with Crippen LogP contribution in [0.1, 0.15) is 22.8 Å². The van der Waals surface area contributed by atoms with Crippen LogP contribution in [0.5, 0.6) is 0 Å². The van der Waals surface area contributed by atoms with Crippen LogP contribution in [-0.2, 0) is 11.2 Å². The van der Waals surface area contributed by atoms with Crippen LogP contribution in [0.4, 0.5) is 17.2 Å². The maximum Gasteiger partial charge on any atom is 0.288 e. The van der Waals surface area contributed by atoms with Crippen LogP contribution in [0.2, 0.25) is 0 Å². The normalized spacial score (nSPS) is 10.1. The van der Waals surface area contributed by atoms with Crippen molar-refractivity contribution in [3.63, 3.8) is 0 Å². The Kier molecular flexibility index (Phi) is 5.62. The quantitative estimate of drug-likeness (QED) is 0.516. The van der Waals surface area contributed by atoms with Crippen LogP contribution in [0.15, 0.2) is 36.5 Å². The predicted molar refractivity (Wildman–Crippen MR) is 92.3 cm³/mol. The first kappa shape index (κ1) is 17.9. The van der Waals surface area contributed by atoms with E-state index in [-0.39, 0.29) is 23.0 Å². The molecule has 0 fully saturated rings. The van der Waals surface area contributed by atoms with Gasteiger partial charge in [0, 0.05) is 25.2 Å². The third-order valence-corrected chi connectivity index (χ3v) is 3.33. The molecule has 1 aromatic carbocycles. The molecular formula is C16H17N5O4. The van der Waals surface area contributed by atoms with Gasteiger partial charge in [-0.25, -0.2) is 4.98 Å². The number of pyridine rings is 1. The number of carbonyl (C=O) groups is 2. The molecule has 130 valence electrons. The van der Waals surface area contributed by atoms with E-state index in [0.29, 0.717) is 18.7 Å². The number of nitrogens with two attached hydrogens (primary N) is 1. The Morgan fingerprint density at radius 2 is 1.96 bits per heavy atom. The molecule has 9 heteroatoms. The Bertz CT molecular complexity index is 805. The van der Waals surface area contributed by atoms with Crippen LogP contribution >= 0.6 is 0 Å².